The average Bonchev–Trinajstić information content (AvgIpc) is 2.49. The highest BCUT2D eigenvalue weighted by atomic mass is 16.3. The molecule has 0 saturated carbocycles. The van der Waals surface area contributed by atoms with Gasteiger partial charge in [0.05, 0.1) is 6.10 Å². The maximum atomic E-state index is 9.89. The van der Waals surface area contributed by atoms with E-state index in [1.54, 1.807) is 0 Å². The highest BCUT2D eigenvalue weighted by Gasteiger charge is 2.02. The van der Waals surface area contributed by atoms with E-state index in [-0.39, 0.29) is 6.10 Å². The van der Waals surface area contributed by atoms with Crippen LogP contribution in [0.3, 0.4) is 0 Å². The zero-order valence-corrected chi connectivity index (χ0v) is 14.6. The highest BCUT2D eigenvalue weighted by molar-refractivity contribution is 4.98. The van der Waals surface area contributed by atoms with Crippen LogP contribution in [0.1, 0.15) is 110 Å². The summed E-state index contributed by atoms with van der Waals surface area (Å²) in [5, 5.41) is 9.89. The van der Waals surface area contributed by atoms with E-state index in [1.165, 1.54) is 70.6 Å². The standard InChI is InChI=1S/C20H38O/c1-3-5-7-9-11-13-15-17-19-20(21)18-16-14-12-10-8-6-4-2/h20-21H,3-12,14,16-19H2,1-2H3. The van der Waals surface area contributed by atoms with Crippen molar-refractivity contribution in [3.05, 3.63) is 0 Å². The maximum absolute atomic E-state index is 9.89. The molecule has 1 atom stereocenters. The Morgan fingerprint density at radius 3 is 1.81 bits per heavy atom. The van der Waals surface area contributed by atoms with Crippen molar-refractivity contribution in [3.63, 3.8) is 0 Å². The highest BCUT2D eigenvalue weighted by Crippen LogP contribution is 2.11. The van der Waals surface area contributed by atoms with Crippen molar-refractivity contribution in [1.29, 1.82) is 0 Å². The Bertz CT molecular complexity index is 248. The average molecular weight is 295 g/mol. The number of unbranched alkanes of at least 4 members (excludes halogenated alkanes) is 10. The molecule has 0 aromatic carbocycles. The number of hydrogen-bond acceptors (Lipinski definition) is 1. The van der Waals surface area contributed by atoms with Gasteiger partial charge in [-0.1, -0.05) is 78.1 Å². The van der Waals surface area contributed by atoms with Crippen molar-refractivity contribution < 1.29 is 5.11 Å². The molecule has 1 heteroatoms. The lowest BCUT2D eigenvalue weighted by Crippen LogP contribution is -2.05. The first-order chi connectivity index (χ1) is 10.3. The van der Waals surface area contributed by atoms with Crippen molar-refractivity contribution in [3.8, 4) is 11.8 Å². The summed E-state index contributed by atoms with van der Waals surface area (Å²) in [6.45, 7) is 4.49. The lowest BCUT2D eigenvalue weighted by Gasteiger charge is -2.08. The van der Waals surface area contributed by atoms with Gasteiger partial charge in [0.1, 0.15) is 0 Å². The Labute approximate surface area is 133 Å². The normalized spacial score (nSPS) is 12.0. The molecule has 0 aliphatic carbocycles. The van der Waals surface area contributed by atoms with Crippen molar-refractivity contribution in [1.82, 2.24) is 0 Å². The van der Waals surface area contributed by atoms with Gasteiger partial charge >= 0.3 is 0 Å². The molecular formula is C20H38O. The lowest BCUT2D eigenvalue weighted by molar-refractivity contribution is 0.152. The quantitative estimate of drug-likeness (QED) is 0.297. The number of hydrogen-bond donors (Lipinski definition) is 1. The summed E-state index contributed by atoms with van der Waals surface area (Å²) in [6.07, 6.45) is 18.0. The van der Waals surface area contributed by atoms with Crippen LogP contribution in [0.2, 0.25) is 0 Å². The van der Waals surface area contributed by atoms with E-state index >= 15 is 0 Å². The molecule has 0 aliphatic heterocycles. The van der Waals surface area contributed by atoms with Crippen LogP contribution in [0.25, 0.3) is 0 Å². The lowest BCUT2D eigenvalue weighted by atomic mass is 10.0. The third-order valence-electron chi connectivity index (χ3n) is 4.02. The van der Waals surface area contributed by atoms with Crippen LogP contribution in [0.15, 0.2) is 0 Å². The first-order valence-electron chi connectivity index (χ1n) is 9.45. The molecule has 0 aliphatic rings. The molecule has 1 N–H and O–H groups in total. The predicted molar refractivity (Wildman–Crippen MR) is 94.4 cm³/mol. The van der Waals surface area contributed by atoms with Crippen LogP contribution >= 0.6 is 0 Å². The second-order valence-corrected chi connectivity index (χ2v) is 6.27. The molecule has 0 heterocycles. The molecule has 0 spiro atoms. The summed E-state index contributed by atoms with van der Waals surface area (Å²) < 4.78 is 0. The third-order valence-corrected chi connectivity index (χ3v) is 4.02. The Kier molecular flexibility index (Phi) is 17.2. The minimum atomic E-state index is -0.130. The zero-order valence-electron chi connectivity index (χ0n) is 14.6. The van der Waals surface area contributed by atoms with E-state index in [9.17, 15) is 5.11 Å². The van der Waals surface area contributed by atoms with E-state index in [4.69, 9.17) is 0 Å². The van der Waals surface area contributed by atoms with Crippen molar-refractivity contribution >= 4 is 0 Å². The van der Waals surface area contributed by atoms with Gasteiger partial charge in [0, 0.05) is 12.8 Å². The van der Waals surface area contributed by atoms with Gasteiger partial charge in [0.25, 0.3) is 0 Å². The largest absolute Gasteiger partial charge is 0.393 e. The molecule has 0 radical (unpaired) electrons. The summed E-state index contributed by atoms with van der Waals surface area (Å²) in [6, 6.07) is 0. The number of rotatable bonds is 14. The van der Waals surface area contributed by atoms with Crippen LogP contribution in [-0.2, 0) is 0 Å². The fraction of sp³-hybridized carbons (Fsp3) is 0.900. The Hall–Kier alpha value is -0.480. The van der Waals surface area contributed by atoms with Gasteiger partial charge in [-0.3, -0.25) is 0 Å². The minimum Gasteiger partial charge on any atom is -0.393 e. The third kappa shape index (κ3) is 17.5. The van der Waals surface area contributed by atoms with E-state index in [2.05, 4.69) is 25.7 Å². The van der Waals surface area contributed by atoms with E-state index in [0.717, 1.165) is 25.7 Å². The molecule has 1 nitrogen and oxygen atoms in total. The van der Waals surface area contributed by atoms with Gasteiger partial charge in [0.2, 0.25) is 0 Å². The SMILES string of the molecule is CCCCCCC#CCCC(O)CCCCCCCCC. The van der Waals surface area contributed by atoms with Crippen LogP contribution in [0.5, 0.6) is 0 Å². The van der Waals surface area contributed by atoms with E-state index in [0.29, 0.717) is 0 Å². The van der Waals surface area contributed by atoms with Gasteiger partial charge in [-0.2, -0.15) is 0 Å². The summed E-state index contributed by atoms with van der Waals surface area (Å²) >= 11 is 0. The van der Waals surface area contributed by atoms with Crippen LogP contribution in [0.4, 0.5) is 0 Å². The Morgan fingerprint density at radius 2 is 1.14 bits per heavy atom. The molecule has 0 fully saturated rings. The van der Waals surface area contributed by atoms with Gasteiger partial charge < -0.3 is 5.11 Å². The smallest absolute Gasteiger partial charge is 0.0549 e. The van der Waals surface area contributed by atoms with Crippen LogP contribution < -0.4 is 0 Å². The molecular weight excluding hydrogens is 256 g/mol. The predicted octanol–water partition coefficient (Wildman–Crippen LogP) is 6.24. The van der Waals surface area contributed by atoms with Gasteiger partial charge in [-0.15, -0.1) is 11.8 Å². The molecule has 0 saturated heterocycles. The molecule has 1 unspecified atom stereocenters. The summed E-state index contributed by atoms with van der Waals surface area (Å²) in [4.78, 5) is 0. The monoisotopic (exact) mass is 294 g/mol. The molecule has 0 aromatic heterocycles. The molecule has 124 valence electrons. The Balaban J connectivity index is 3.26. The van der Waals surface area contributed by atoms with Gasteiger partial charge in [-0.05, 0) is 19.3 Å². The summed E-state index contributed by atoms with van der Waals surface area (Å²) in [5.41, 5.74) is 0. The van der Waals surface area contributed by atoms with Crippen molar-refractivity contribution in [2.24, 2.45) is 0 Å². The van der Waals surface area contributed by atoms with Crippen LogP contribution in [-0.4, -0.2) is 11.2 Å². The number of aliphatic hydroxyl groups is 1. The summed E-state index contributed by atoms with van der Waals surface area (Å²) in [7, 11) is 0. The summed E-state index contributed by atoms with van der Waals surface area (Å²) in [5.74, 6) is 6.44. The van der Waals surface area contributed by atoms with Gasteiger partial charge in [-0.25, -0.2) is 0 Å². The topological polar surface area (TPSA) is 20.2 Å². The second kappa shape index (κ2) is 17.6. The van der Waals surface area contributed by atoms with Crippen LogP contribution in [0, 0.1) is 11.8 Å². The van der Waals surface area contributed by atoms with Crippen molar-refractivity contribution in [2.45, 2.75) is 116 Å². The van der Waals surface area contributed by atoms with E-state index < -0.39 is 0 Å². The second-order valence-electron chi connectivity index (χ2n) is 6.27. The fourth-order valence-electron chi connectivity index (χ4n) is 2.54. The van der Waals surface area contributed by atoms with E-state index in [1.807, 2.05) is 0 Å². The fourth-order valence-corrected chi connectivity index (χ4v) is 2.54. The molecule has 0 bridgehead atoms. The maximum Gasteiger partial charge on any atom is 0.0549 e. The molecule has 0 amide bonds. The molecule has 21 heavy (non-hydrogen) atoms. The molecule has 0 rings (SSSR count). The number of aliphatic hydroxyl groups excluding tert-OH is 1. The van der Waals surface area contributed by atoms with Gasteiger partial charge in [0.15, 0.2) is 0 Å². The van der Waals surface area contributed by atoms with Crippen molar-refractivity contribution in [2.75, 3.05) is 0 Å². The first-order valence-corrected chi connectivity index (χ1v) is 9.45. The molecule has 0 aromatic rings. The minimum absolute atomic E-state index is 0.130. The Morgan fingerprint density at radius 1 is 0.619 bits per heavy atom. The first kappa shape index (κ1) is 20.5. The zero-order chi connectivity index (χ0) is 15.6.